The lowest BCUT2D eigenvalue weighted by atomic mass is 9.99. The molecule has 0 aromatic heterocycles. The van der Waals surface area contributed by atoms with Crippen LogP contribution in [0.4, 0.5) is 0 Å². The molecule has 1 fully saturated rings. The molecule has 2 aliphatic rings. The van der Waals surface area contributed by atoms with E-state index < -0.39 is 32.4 Å². The van der Waals surface area contributed by atoms with Crippen molar-refractivity contribution in [1.82, 2.24) is 0 Å². The average Bonchev–Trinajstić information content (AvgIpc) is 3.21. The van der Waals surface area contributed by atoms with Gasteiger partial charge in [0.2, 0.25) is 6.79 Å². The summed E-state index contributed by atoms with van der Waals surface area (Å²) in [6.45, 7) is 1.80. The van der Waals surface area contributed by atoms with Gasteiger partial charge >= 0.3 is 5.97 Å². The van der Waals surface area contributed by atoms with Crippen LogP contribution in [-0.4, -0.2) is 39.6 Å². The van der Waals surface area contributed by atoms with Crippen LogP contribution in [0, 0.1) is 5.41 Å². The van der Waals surface area contributed by atoms with Crippen LogP contribution in [0.3, 0.4) is 0 Å². The number of sulfone groups is 1. The smallest absolute Gasteiger partial charge is 0.315 e. The Hall–Kier alpha value is -2.58. The molecule has 8 heteroatoms. The highest BCUT2D eigenvalue weighted by Gasteiger charge is 2.75. The minimum atomic E-state index is -3.81. The van der Waals surface area contributed by atoms with E-state index in [2.05, 4.69) is 0 Å². The number of carbonyl (C=O) groups excluding carboxylic acids is 1. The van der Waals surface area contributed by atoms with Crippen LogP contribution in [0.5, 0.6) is 11.5 Å². The van der Waals surface area contributed by atoms with Gasteiger partial charge in [0.25, 0.3) is 0 Å². The van der Waals surface area contributed by atoms with Crippen molar-refractivity contribution in [3.05, 3.63) is 54.1 Å². The maximum atomic E-state index is 13.4. The summed E-state index contributed by atoms with van der Waals surface area (Å²) in [5.74, 6) is -0.114. The normalized spacial score (nSPS) is 25.4. The van der Waals surface area contributed by atoms with Crippen molar-refractivity contribution in [1.29, 1.82) is 0 Å². The van der Waals surface area contributed by atoms with Crippen LogP contribution < -0.4 is 15.2 Å². The fourth-order valence-electron chi connectivity index (χ4n) is 4.03. The van der Waals surface area contributed by atoms with Crippen LogP contribution in [-0.2, 0) is 19.4 Å². The van der Waals surface area contributed by atoms with E-state index in [0.29, 0.717) is 17.1 Å². The van der Waals surface area contributed by atoms with Crippen molar-refractivity contribution in [3.63, 3.8) is 0 Å². The molecule has 28 heavy (non-hydrogen) atoms. The highest BCUT2D eigenvalue weighted by atomic mass is 32.2. The fourth-order valence-corrected chi connectivity index (χ4v) is 6.43. The highest BCUT2D eigenvalue weighted by molar-refractivity contribution is 7.92. The number of esters is 1. The number of nitrogens with two attached hydrogens (primary N) is 1. The molecule has 4 rings (SSSR count). The summed E-state index contributed by atoms with van der Waals surface area (Å²) in [4.78, 5) is 13.0. The predicted molar refractivity (Wildman–Crippen MR) is 101 cm³/mol. The second-order valence-electron chi connectivity index (χ2n) is 6.83. The lowest BCUT2D eigenvalue weighted by molar-refractivity contribution is -0.149. The van der Waals surface area contributed by atoms with Gasteiger partial charge in [0, 0.05) is 12.5 Å². The quantitative estimate of drug-likeness (QED) is 0.734. The van der Waals surface area contributed by atoms with Crippen molar-refractivity contribution in [2.45, 2.75) is 23.0 Å². The Labute approximate surface area is 163 Å². The van der Waals surface area contributed by atoms with Crippen molar-refractivity contribution < 1.29 is 27.4 Å². The van der Waals surface area contributed by atoms with Crippen LogP contribution in [0.25, 0.3) is 0 Å². The number of hydrogen-bond acceptors (Lipinski definition) is 7. The van der Waals surface area contributed by atoms with E-state index in [-0.39, 0.29) is 24.8 Å². The molecule has 2 aromatic carbocycles. The standard InChI is InChI=1S/C20H21NO6S/c1-2-25-19(22)20(11-21)17(13-8-9-15-16(10-13)27-12-26-15)18(20)28(23,24)14-6-4-3-5-7-14/h3-10,17-18H,2,11-12,21H2,1H3/t17-,18+,20-/m1/s1. The molecule has 148 valence electrons. The second-order valence-corrected chi connectivity index (χ2v) is 8.90. The monoisotopic (exact) mass is 403 g/mol. The van der Waals surface area contributed by atoms with Crippen LogP contribution >= 0.6 is 0 Å². The number of ether oxygens (including phenoxy) is 3. The van der Waals surface area contributed by atoms with Crippen LogP contribution in [0.15, 0.2) is 53.4 Å². The van der Waals surface area contributed by atoms with Gasteiger partial charge in [0.1, 0.15) is 5.41 Å². The third-order valence-electron chi connectivity index (χ3n) is 5.41. The van der Waals surface area contributed by atoms with Crippen LogP contribution in [0.2, 0.25) is 0 Å². The van der Waals surface area contributed by atoms with Gasteiger partial charge in [-0.3, -0.25) is 4.79 Å². The van der Waals surface area contributed by atoms with Gasteiger partial charge in [-0.1, -0.05) is 24.3 Å². The summed E-state index contributed by atoms with van der Waals surface area (Å²) in [5, 5.41) is -1.01. The number of hydrogen-bond donors (Lipinski definition) is 1. The first kappa shape index (κ1) is 18.8. The molecule has 2 aromatic rings. The summed E-state index contributed by atoms with van der Waals surface area (Å²) in [6.07, 6.45) is 0. The molecule has 1 saturated carbocycles. The van der Waals surface area contributed by atoms with E-state index in [9.17, 15) is 13.2 Å². The summed E-state index contributed by atoms with van der Waals surface area (Å²) in [7, 11) is -3.81. The summed E-state index contributed by atoms with van der Waals surface area (Å²) < 4.78 is 42.7. The van der Waals surface area contributed by atoms with E-state index in [1.54, 1.807) is 43.3 Å². The van der Waals surface area contributed by atoms with Gasteiger partial charge in [-0.05, 0) is 36.8 Å². The van der Waals surface area contributed by atoms with Crippen molar-refractivity contribution in [3.8, 4) is 11.5 Å². The zero-order chi connectivity index (χ0) is 19.9. The maximum Gasteiger partial charge on any atom is 0.315 e. The lowest BCUT2D eigenvalue weighted by Gasteiger charge is -2.14. The molecule has 7 nitrogen and oxygen atoms in total. The molecule has 0 amide bonds. The number of carbonyl (C=O) groups is 1. The summed E-state index contributed by atoms with van der Waals surface area (Å²) in [6, 6.07) is 13.3. The van der Waals surface area contributed by atoms with Gasteiger partial charge in [-0.15, -0.1) is 0 Å². The number of fused-ring (bicyclic) bond motifs is 1. The van der Waals surface area contributed by atoms with Gasteiger partial charge < -0.3 is 19.9 Å². The first-order chi connectivity index (χ1) is 13.5. The van der Waals surface area contributed by atoms with Crippen LogP contribution in [0.1, 0.15) is 18.4 Å². The molecular weight excluding hydrogens is 382 g/mol. The molecule has 1 aliphatic carbocycles. The topological polar surface area (TPSA) is 105 Å². The molecular formula is C20H21NO6S. The number of rotatable bonds is 6. The Morgan fingerprint density at radius 3 is 2.57 bits per heavy atom. The zero-order valence-electron chi connectivity index (χ0n) is 15.3. The summed E-state index contributed by atoms with van der Waals surface area (Å²) in [5.41, 5.74) is 5.31. The van der Waals surface area contributed by atoms with Crippen molar-refractivity contribution >= 4 is 15.8 Å². The molecule has 0 bridgehead atoms. The first-order valence-electron chi connectivity index (χ1n) is 9.02. The van der Waals surface area contributed by atoms with E-state index >= 15 is 0 Å². The largest absolute Gasteiger partial charge is 0.465 e. The molecule has 1 heterocycles. The summed E-state index contributed by atoms with van der Waals surface area (Å²) >= 11 is 0. The minimum absolute atomic E-state index is 0.106. The maximum absolute atomic E-state index is 13.4. The Balaban J connectivity index is 1.81. The van der Waals surface area contributed by atoms with E-state index in [0.717, 1.165) is 0 Å². The van der Waals surface area contributed by atoms with Crippen molar-refractivity contribution in [2.24, 2.45) is 11.1 Å². The third-order valence-corrected chi connectivity index (χ3v) is 7.70. The Kier molecular flexibility index (Phi) is 4.55. The average molecular weight is 403 g/mol. The molecule has 0 spiro atoms. The van der Waals surface area contributed by atoms with Gasteiger partial charge in [-0.25, -0.2) is 8.42 Å². The third kappa shape index (κ3) is 2.67. The second kappa shape index (κ2) is 6.79. The zero-order valence-corrected chi connectivity index (χ0v) is 16.1. The van der Waals surface area contributed by atoms with Crippen molar-refractivity contribution in [2.75, 3.05) is 19.9 Å². The first-order valence-corrected chi connectivity index (χ1v) is 10.6. The van der Waals surface area contributed by atoms with E-state index in [1.165, 1.54) is 12.1 Å². The predicted octanol–water partition coefficient (Wildman–Crippen LogP) is 1.86. The SMILES string of the molecule is CCOC(=O)[C@]1(CN)[C@H](c2ccc3c(c2)OCO3)[C@@H]1S(=O)(=O)c1ccccc1. The molecule has 0 unspecified atom stereocenters. The van der Waals surface area contributed by atoms with Gasteiger partial charge in [0.15, 0.2) is 21.3 Å². The molecule has 2 N–H and O–H groups in total. The van der Waals surface area contributed by atoms with E-state index in [1.807, 2.05) is 0 Å². The van der Waals surface area contributed by atoms with E-state index in [4.69, 9.17) is 19.9 Å². The molecule has 0 radical (unpaired) electrons. The Morgan fingerprint density at radius 1 is 1.18 bits per heavy atom. The van der Waals surface area contributed by atoms with Gasteiger partial charge in [-0.2, -0.15) is 0 Å². The van der Waals surface area contributed by atoms with Gasteiger partial charge in [0.05, 0.1) is 16.8 Å². The lowest BCUT2D eigenvalue weighted by Crippen LogP contribution is -2.33. The Morgan fingerprint density at radius 2 is 1.89 bits per heavy atom. The highest BCUT2D eigenvalue weighted by Crippen LogP contribution is 2.64. The fraction of sp³-hybridized carbons (Fsp3) is 0.350. The molecule has 3 atom stereocenters. The Bertz CT molecular complexity index is 1010. The minimum Gasteiger partial charge on any atom is -0.465 e. The number of benzene rings is 2. The molecule has 0 saturated heterocycles. The molecule has 1 aliphatic heterocycles.